The fourth-order valence-corrected chi connectivity index (χ4v) is 3.02. The minimum absolute atomic E-state index is 0.0478. The lowest BCUT2D eigenvalue weighted by atomic mass is 9.98. The molecule has 0 saturated carbocycles. The average Bonchev–Trinajstić information content (AvgIpc) is 2.73. The SMILES string of the molecule is COc1cc2c(cc1OC)CN(c1ccnc(-c3ncccn3)n1)C(=O)C2. The number of nitrogens with zero attached hydrogens (tertiary/aromatic N) is 5. The number of hydrogen-bond donors (Lipinski definition) is 0. The summed E-state index contributed by atoms with van der Waals surface area (Å²) in [6.45, 7) is 0.390. The molecule has 8 nitrogen and oxygen atoms in total. The Bertz CT molecular complexity index is 994. The first-order valence-corrected chi connectivity index (χ1v) is 8.34. The number of aromatic nitrogens is 4. The molecule has 0 aliphatic carbocycles. The second-order valence-electron chi connectivity index (χ2n) is 5.94. The van der Waals surface area contributed by atoms with Crippen molar-refractivity contribution >= 4 is 11.7 Å². The van der Waals surface area contributed by atoms with E-state index in [1.807, 2.05) is 12.1 Å². The number of anilines is 1. The standard InChI is InChI=1S/C19H17N5O3/c1-26-14-8-12-10-17(25)24(11-13(12)9-15(14)27-2)16-4-7-22-19(23-16)18-20-5-3-6-21-18/h3-9H,10-11H2,1-2H3. The number of methoxy groups -OCH3 is 2. The van der Waals surface area contributed by atoms with E-state index < -0.39 is 0 Å². The van der Waals surface area contributed by atoms with Crippen molar-refractivity contribution in [3.63, 3.8) is 0 Å². The molecule has 1 aromatic carbocycles. The van der Waals surface area contributed by atoms with Gasteiger partial charge >= 0.3 is 0 Å². The van der Waals surface area contributed by atoms with Crippen LogP contribution in [0.4, 0.5) is 5.82 Å². The molecule has 1 aliphatic rings. The molecule has 0 atom stereocenters. The first-order chi connectivity index (χ1) is 13.2. The van der Waals surface area contributed by atoms with Gasteiger partial charge in [0, 0.05) is 18.6 Å². The third kappa shape index (κ3) is 3.17. The van der Waals surface area contributed by atoms with Crippen LogP contribution in [0.25, 0.3) is 11.6 Å². The second kappa shape index (κ2) is 6.99. The van der Waals surface area contributed by atoms with E-state index in [1.165, 1.54) is 0 Å². The van der Waals surface area contributed by atoms with E-state index in [0.29, 0.717) is 35.5 Å². The highest BCUT2D eigenvalue weighted by Crippen LogP contribution is 2.34. The molecule has 4 rings (SSSR count). The quantitative estimate of drug-likeness (QED) is 0.700. The largest absolute Gasteiger partial charge is 0.493 e. The maximum Gasteiger partial charge on any atom is 0.232 e. The molecule has 2 aromatic heterocycles. The van der Waals surface area contributed by atoms with Crippen molar-refractivity contribution in [2.45, 2.75) is 13.0 Å². The lowest BCUT2D eigenvalue weighted by Gasteiger charge is -2.28. The Morgan fingerprint density at radius 3 is 2.30 bits per heavy atom. The lowest BCUT2D eigenvalue weighted by Crippen LogP contribution is -2.36. The van der Waals surface area contributed by atoms with Crippen molar-refractivity contribution in [3.05, 3.63) is 54.0 Å². The van der Waals surface area contributed by atoms with E-state index in [0.717, 1.165) is 11.1 Å². The third-order valence-electron chi connectivity index (χ3n) is 4.36. The summed E-state index contributed by atoms with van der Waals surface area (Å²) in [4.78, 5) is 31.4. The van der Waals surface area contributed by atoms with Crippen molar-refractivity contribution in [3.8, 4) is 23.1 Å². The zero-order valence-electron chi connectivity index (χ0n) is 14.9. The number of benzene rings is 1. The van der Waals surface area contributed by atoms with Crippen LogP contribution >= 0.6 is 0 Å². The highest BCUT2D eigenvalue weighted by atomic mass is 16.5. The van der Waals surface area contributed by atoms with Crippen LogP contribution in [-0.2, 0) is 17.8 Å². The Hall–Kier alpha value is -3.55. The Balaban J connectivity index is 1.69. The van der Waals surface area contributed by atoms with Crippen LogP contribution in [-0.4, -0.2) is 40.1 Å². The lowest BCUT2D eigenvalue weighted by molar-refractivity contribution is -0.118. The van der Waals surface area contributed by atoms with Gasteiger partial charge in [-0.2, -0.15) is 0 Å². The first kappa shape index (κ1) is 16.9. The maximum atomic E-state index is 12.7. The zero-order chi connectivity index (χ0) is 18.8. The average molecular weight is 363 g/mol. The van der Waals surface area contributed by atoms with Crippen LogP contribution in [0.15, 0.2) is 42.9 Å². The number of carbonyl (C=O) groups excluding carboxylic acids is 1. The van der Waals surface area contributed by atoms with Gasteiger partial charge in [0.15, 0.2) is 23.1 Å². The second-order valence-corrected chi connectivity index (χ2v) is 5.94. The Labute approximate surface area is 155 Å². The molecule has 0 spiro atoms. The molecule has 8 heteroatoms. The molecule has 0 unspecified atom stereocenters. The monoisotopic (exact) mass is 363 g/mol. The molecule has 1 aliphatic heterocycles. The van der Waals surface area contributed by atoms with E-state index >= 15 is 0 Å². The maximum absolute atomic E-state index is 12.7. The van der Waals surface area contributed by atoms with Gasteiger partial charge < -0.3 is 9.47 Å². The zero-order valence-corrected chi connectivity index (χ0v) is 14.9. The van der Waals surface area contributed by atoms with Crippen molar-refractivity contribution in [1.82, 2.24) is 19.9 Å². The molecular weight excluding hydrogens is 346 g/mol. The topological polar surface area (TPSA) is 90.3 Å². The number of ether oxygens (including phenoxy) is 2. The highest BCUT2D eigenvalue weighted by Gasteiger charge is 2.27. The van der Waals surface area contributed by atoms with Crippen LogP contribution in [0.2, 0.25) is 0 Å². The molecule has 0 saturated heterocycles. The molecule has 0 fully saturated rings. The summed E-state index contributed by atoms with van der Waals surface area (Å²) < 4.78 is 10.7. The van der Waals surface area contributed by atoms with Gasteiger partial charge in [0.25, 0.3) is 0 Å². The molecule has 27 heavy (non-hydrogen) atoms. The molecular formula is C19H17N5O3. The molecule has 136 valence electrons. The van der Waals surface area contributed by atoms with E-state index in [-0.39, 0.29) is 12.3 Å². The minimum Gasteiger partial charge on any atom is -0.493 e. The molecule has 0 radical (unpaired) electrons. The Morgan fingerprint density at radius 1 is 0.926 bits per heavy atom. The van der Waals surface area contributed by atoms with Gasteiger partial charge in [-0.15, -0.1) is 0 Å². The summed E-state index contributed by atoms with van der Waals surface area (Å²) in [6.07, 6.45) is 5.11. The fourth-order valence-electron chi connectivity index (χ4n) is 3.02. The van der Waals surface area contributed by atoms with Gasteiger partial charge in [0.1, 0.15) is 5.82 Å². The normalized spacial score (nSPS) is 13.3. The van der Waals surface area contributed by atoms with Gasteiger partial charge in [0.05, 0.1) is 27.2 Å². The summed E-state index contributed by atoms with van der Waals surface area (Å²) in [5.74, 6) is 2.50. The smallest absolute Gasteiger partial charge is 0.232 e. The van der Waals surface area contributed by atoms with Crippen LogP contribution in [0.1, 0.15) is 11.1 Å². The van der Waals surface area contributed by atoms with Crippen molar-refractivity contribution in [2.24, 2.45) is 0 Å². The molecule has 1 amide bonds. The van der Waals surface area contributed by atoms with Gasteiger partial charge in [-0.1, -0.05) is 0 Å². The number of hydrogen-bond acceptors (Lipinski definition) is 7. The van der Waals surface area contributed by atoms with Crippen molar-refractivity contribution in [2.75, 3.05) is 19.1 Å². The van der Waals surface area contributed by atoms with Crippen LogP contribution in [0, 0.1) is 0 Å². The van der Waals surface area contributed by atoms with E-state index in [4.69, 9.17) is 9.47 Å². The summed E-state index contributed by atoms with van der Waals surface area (Å²) in [5.41, 5.74) is 1.91. The van der Waals surface area contributed by atoms with Gasteiger partial charge in [-0.25, -0.2) is 19.9 Å². The van der Waals surface area contributed by atoms with Gasteiger partial charge in [0.2, 0.25) is 5.91 Å². The predicted octanol–water partition coefficient (Wildman–Crippen LogP) is 2.04. The molecule has 3 aromatic rings. The van der Waals surface area contributed by atoms with Crippen LogP contribution in [0.5, 0.6) is 11.5 Å². The third-order valence-corrected chi connectivity index (χ3v) is 4.36. The predicted molar refractivity (Wildman–Crippen MR) is 97.5 cm³/mol. The number of amides is 1. The number of carbonyl (C=O) groups is 1. The first-order valence-electron chi connectivity index (χ1n) is 8.34. The number of fused-ring (bicyclic) bond motifs is 1. The summed E-state index contributed by atoms with van der Waals surface area (Å²) in [5, 5.41) is 0. The van der Waals surface area contributed by atoms with Crippen molar-refractivity contribution < 1.29 is 14.3 Å². The Morgan fingerprint density at radius 2 is 1.59 bits per heavy atom. The fraction of sp³-hybridized carbons (Fsp3) is 0.211. The van der Waals surface area contributed by atoms with Crippen LogP contribution < -0.4 is 14.4 Å². The summed E-state index contributed by atoms with van der Waals surface area (Å²) in [7, 11) is 3.17. The van der Waals surface area contributed by atoms with Crippen molar-refractivity contribution in [1.29, 1.82) is 0 Å². The van der Waals surface area contributed by atoms with Gasteiger partial charge in [-0.3, -0.25) is 9.69 Å². The highest BCUT2D eigenvalue weighted by molar-refractivity contribution is 5.95. The van der Waals surface area contributed by atoms with E-state index in [2.05, 4.69) is 19.9 Å². The molecule has 0 bridgehead atoms. The molecule has 0 N–H and O–H groups in total. The number of rotatable bonds is 4. The minimum atomic E-state index is -0.0478. The summed E-state index contributed by atoms with van der Waals surface area (Å²) >= 11 is 0. The van der Waals surface area contributed by atoms with E-state index in [9.17, 15) is 4.79 Å². The van der Waals surface area contributed by atoms with E-state index in [1.54, 1.807) is 49.8 Å². The van der Waals surface area contributed by atoms with Gasteiger partial charge in [-0.05, 0) is 35.4 Å². The van der Waals surface area contributed by atoms with Crippen LogP contribution in [0.3, 0.4) is 0 Å². The summed E-state index contributed by atoms with van der Waals surface area (Å²) in [6, 6.07) is 7.18. The Kier molecular flexibility index (Phi) is 4.37. The molecule has 3 heterocycles.